The third-order valence-electron chi connectivity index (χ3n) is 2.18. The van der Waals surface area contributed by atoms with E-state index in [0.29, 0.717) is 11.2 Å². The summed E-state index contributed by atoms with van der Waals surface area (Å²) in [6, 6.07) is -0.193. The molecule has 5 heteroatoms. The van der Waals surface area contributed by atoms with Gasteiger partial charge in [-0.15, -0.1) is 0 Å². The summed E-state index contributed by atoms with van der Waals surface area (Å²) in [5.41, 5.74) is 4.92. The first kappa shape index (κ1) is 10.2. The molecular weight excluding hydrogens is 186 g/mol. The van der Waals surface area contributed by atoms with Gasteiger partial charge in [0, 0.05) is 6.04 Å². The zero-order chi connectivity index (χ0) is 9.68. The Bertz CT molecular complexity index is 202. The molecule has 0 aromatic rings. The van der Waals surface area contributed by atoms with Crippen molar-refractivity contribution in [2.75, 3.05) is 0 Å². The molecule has 0 saturated heterocycles. The SMILES string of the molecule is NC(=O)NC(=S)NC1CCCCC1. The highest BCUT2D eigenvalue weighted by atomic mass is 32.1. The van der Waals surface area contributed by atoms with E-state index < -0.39 is 6.03 Å². The van der Waals surface area contributed by atoms with Gasteiger partial charge < -0.3 is 11.1 Å². The molecule has 0 unspecified atom stereocenters. The lowest BCUT2D eigenvalue weighted by Gasteiger charge is -2.23. The first-order valence-corrected chi connectivity index (χ1v) is 4.96. The van der Waals surface area contributed by atoms with E-state index >= 15 is 0 Å². The Kier molecular flexibility index (Phi) is 3.95. The monoisotopic (exact) mass is 201 g/mol. The molecule has 1 aliphatic carbocycles. The minimum atomic E-state index is -0.603. The van der Waals surface area contributed by atoms with Crippen molar-refractivity contribution >= 4 is 23.4 Å². The van der Waals surface area contributed by atoms with Crippen LogP contribution in [-0.4, -0.2) is 17.2 Å². The third-order valence-corrected chi connectivity index (χ3v) is 2.40. The molecule has 0 spiro atoms. The summed E-state index contributed by atoms with van der Waals surface area (Å²) >= 11 is 4.89. The molecule has 0 heterocycles. The standard InChI is InChI=1S/C8H15N3OS/c9-7(12)11-8(13)10-6-4-2-1-3-5-6/h6H,1-5H2,(H4,9,10,11,12,13). The molecule has 2 amide bonds. The van der Waals surface area contributed by atoms with Gasteiger partial charge in [-0.05, 0) is 25.1 Å². The van der Waals surface area contributed by atoms with E-state index in [1.807, 2.05) is 0 Å². The number of thiocarbonyl (C=S) groups is 1. The van der Waals surface area contributed by atoms with Gasteiger partial charge in [0.25, 0.3) is 0 Å². The summed E-state index contributed by atoms with van der Waals surface area (Å²) in [6.45, 7) is 0. The molecule has 0 aromatic heterocycles. The Balaban J connectivity index is 2.22. The number of rotatable bonds is 1. The van der Waals surface area contributed by atoms with Crippen LogP contribution in [0.4, 0.5) is 4.79 Å². The number of nitrogens with two attached hydrogens (primary N) is 1. The Morgan fingerprint density at radius 2 is 1.92 bits per heavy atom. The van der Waals surface area contributed by atoms with Crippen molar-refractivity contribution in [2.24, 2.45) is 5.73 Å². The van der Waals surface area contributed by atoms with Gasteiger partial charge in [-0.1, -0.05) is 19.3 Å². The van der Waals surface area contributed by atoms with Gasteiger partial charge in [-0.2, -0.15) is 0 Å². The molecule has 1 aliphatic rings. The first-order valence-electron chi connectivity index (χ1n) is 4.55. The number of urea groups is 1. The molecule has 0 aliphatic heterocycles. The fraction of sp³-hybridized carbons (Fsp3) is 0.750. The summed E-state index contributed by atoms with van der Waals surface area (Å²) in [6.07, 6.45) is 6.02. The lowest BCUT2D eigenvalue weighted by molar-refractivity contribution is 0.253. The second-order valence-corrected chi connectivity index (χ2v) is 3.71. The fourth-order valence-corrected chi connectivity index (χ4v) is 1.85. The van der Waals surface area contributed by atoms with Crippen molar-refractivity contribution in [1.29, 1.82) is 0 Å². The van der Waals surface area contributed by atoms with Crippen molar-refractivity contribution in [3.05, 3.63) is 0 Å². The second kappa shape index (κ2) is 5.01. The van der Waals surface area contributed by atoms with Gasteiger partial charge in [-0.25, -0.2) is 4.79 Å². The average Bonchev–Trinajstić information content (AvgIpc) is 2.04. The summed E-state index contributed by atoms with van der Waals surface area (Å²) in [5.74, 6) is 0. The molecule has 0 atom stereocenters. The molecule has 0 aromatic carbocycles. The van der Waals surface area contributed by atoms with Crippen LogP contribution in [0, 0.1) is 0 Å². The van der Waals surface area contributed by atoms with Crippen molar-refractivity contribution in [3.8, 4) is 0 Å². The number of carbonyl (C=O) groups is 1. The third kappa shape index (κ3) is 4.07. The van der Waals surface area contributed by atoms with Gasteiger partial charge in [0.1, 0.15) is 0 Å². The van der Waals surface area contributed by atoms with Crippen LogP contribution in [0.2, 0.25) is 0 Å². The van der Waals surface area contributed by atoms with Gasteiger partial charge in [0.05, 0.1) is 0 Å². The number of nitrogens with one attached hydrogen (secondary N) is 2. The molecule has 0 bridgehead atoms. The Hall–Kier alpha value is -0.840. The van der Waals surface area contributed by atoms with Crippen LogP contribution in [0.3, 0.4) is 0 Å². The minimum absolute atomic E-state index is 0.347. The van der Waals surface area contributed by atoms with Crippen LogP contribution in [-0.2, 0) is 0 Å². The summed E-state index contributed by atoms with van der Waals surface area (Å²) in [4.78, 5) is 10.4. The summed E-state index contributed by atoms with van der Waals surface area (Å²) in [5, 5.41) is 5.77. The Morgan fingerprint density at radius 3 is 2.46 bits per heavy atom. The maximum absolute atomic E-state index is 10.4. The van der Waals surface area contributed by atoms with Gasteiger partial charge >= 0.3 is 6.03 Å². The van der Waals surface area contributed by atoms with E-state index in [9.17, 15) is 4.79 Å². The van der Waals surface area contributed by atoms with Crippen LogP contribution < -0.4 is 16.4 Å². The lowest BCUT2D eigenvalue weighted by Crippen LogP contribution is -2.46. The van der Waals surface area contributed by atoms with Crippen LogP contribution in [0.1, 0.15) is 32.1 Å². The molecule has 1 fully saturated rings. The van der Waals surface area contributed by atoms with Crippen molar-refractivity contribution in [1.82, 2.24) is 10.6 Å². The predicted octanol–water partition coefficient (Wildman–Crippen LogP) is 0.862. The van der Waals surface area contributed by atoms with E-state index in [2.05, 4.69) is 10.6 Å². The Labute approximate surface area is 83.2 Å². The van der Waals surface area contributed by atoms with Gasteiger partial charge in [0.15, 0.2) is 5.11 Å². The summed E-state index contributed by atoms with van der Waals surface area (Å²) in [7, 11) is 0. The smallest absolute Gasteiger partial charge is 0.318 e. The van der Waals surface area contributed by atoms with E-state index in [4.69, 9.17) is 18.0 Å². The molecule has 4 nitrogen and oxygen atoms in total. The molecule has 13 heavy (non-hydrogen) atoms. The molecule has 74 valence electrons. The fourth-order valence-electron chi connectivity index (χ4n) is 1.58. The zero-order valence-electron chi connectivity index (χ0n) is 7.51. The van der Waals surface area contributed by atoms with Crippen molar-refractivity contribution < 1.29 is 4.79 Å². The topological polar surface area (TPSA) is 67.2 Å². The second-order valence-electron chi connectivity index (χ2n) is 3.30. The summed E-state index contributed by atoms with van der Waals surface area (Å²) < 4.78 is 0. The maximum Gasteiger partial charge on any atom is 0.318 e. The average molecular weight is 201 g/mol. The maximum atomic E-state index is 10.4. The zero-order valence-corrected chi connectivity index (χ0v) is 8.32. The number of hydrogen-bond donors (Lipinski definition) is 3. The van der Waals surface area contributed by atoms with Crippen molar-refractivity contribution in [3.63, 3.8) is 0 Å². The van der Waals surface area contributed by atoms with Crippen LogP contribution in [0.15, 0.2) is 0 Å². The molecule has 1 saturated carbocycles. The van der Waals surface area contributed by atoms with E-state index in [1.54, 1.807) is 0 Å². The largest absolute Gasteiger partial charge is 0.360 e. The number of amides is 2. The van der Waals surface area contributed by atoms with E-state index in [1.165, 1.54) is 19.3 Å². The highest BCUT2D eigenvalue weighted by Crippen LogP contribution is 2.16. The molecule has 1 rings (SSSR count). The highest BCUT2D eigenvalue weighted by Gasteiger charge is 2.13. The van der Waals surface area contributed by atoms with E-state index in [0.717, 1.165) is 12.8 Å². The van der Waals surface area contributed by atoms with Crippen LogP contribution in [0.5, 0.6) is 0 Å². The van der Waals surface area contributed by atoms with Crippen LogP contribution >= 0.6 is 12.2 Å². The normalized spacial score (nSPS) is 17.8. The molecule has 0 radical (unpaired) electrons. The van der Waals surface area contributed by atoms with Crippen molar-refractivity contribution in [2.45, 2.75) is 38.1 Å². The highest BCUT2D eigenvalue weighted by molar-refractivity contribution is 7.80. The molecule has 4 N–H and O–H groups in total. The Morgan fingerprint density at radius 1 is 1.31 bits per heavy atom. The number of carbonyl (C=O) groups excluding carboxylic acids is 1. The van der Waals surface area contributed by atoms with Gasteiger partial charge in [0.2, 0.25) is 0 Å². The number of hydrogen-bond acceptors (Lipinski definition) is 2. The number of primary amides is 1. The van der Waals surface area contributed by atoms with E-state index in [-0.39, 0.29) is 0 Å². The quantitative estimate of drug-likeness (QED) is 0.551. The first-order chi connectivity index (χ1) is 6.18. The van der Waals surface area contributed by atoms with Gasteiger partial charge in [-0.3, -0.25) is 5.32 Å². The molecular formula is C8H15N3OS. The predicted molar refractivity (Wildman–Crippen MR) is 55.3 cm³/mol. The lowest BCUT2D eigenvalue weighted by atomic mass is 9.96. The van der Waals surface area contributed by atoms with Crippen LogP contribution in [0.25, 0.3) is 0 Å². The minimum Gasteiger partial charge on any atom is -0.360 e.